The minimum atomic E-state index is 0.473. The Morgan fingerprint density at radius 3 is 3.09 bits per heavy atom. The Bertz CT molecular complexity index is 175. The molecule has 1 rings (SSSR count). The smallest absolute Gasteiger partial charge is 0.275 e. The standard InChI is InChI=1S/C7H12N2O2/c1-2-3-4-5-10-7-6-8-11-9-7/h6H,2-5H2,1H3. The summed E-state index contributed by atoms with van der Waals surface area (Å²) in [6.07, 6.45) is 4.90. The fourth-order valence-electron chi connectivity index (χ4n) is 0.748. The van der Waals surface area contributed by atoms with E-state index < -0.39 is 0 Å². The first-order chi connectivity index (χ1) is 5.43. The molecule has 11 heavy (non-hydrogen) atoms. The zero-order chi connectivity index (χ0) is 7.94. The molecule has 1 aromatic heterocycles. The van der Waals surface area contributed by atoms with Crippen LogP contribution in [0.4, 0.5) is 0 Å². The van der Waals surface area contributed by atoms with Crippen LogP contribution in [0.2, 0.25) is 0 Å². The summed E-state index contributed by atoms with van der Waals surface area (Å²) in [5.74, 6) is 0.473. The summed E-state index contributed by atoms with van der Waals surface area (Å²) in [6, 6.07) is 0. The maximum atomic E-state index is 5.18. The van der Waals surface area contributed by atoms with Crippen molar-refractivity contribution < 1.29 is 9.37 Å². The van der Waals surface area contributed by atoms with Crippen LogP contribution in [0, 0.1) is 0 Å². The maximum Gasteiger partial charge on any atom is 0.275 e. The molecule has 0 aliphatic heterocycles. The quantitative estimate of drug-likeness (QED) is 0.608. The van der Waals surface area contributed by atoms with Crippen LogP contribution in [0.5, 0.6) is 5.88 Å². The molecule has 0 aliphatic rings. The van der Waals surface area contributed by atoms with Gasteiger partial charge in [-0.3, -0.25) is 0 Å². The highest BCUT2D eigenvalue weighted by atomic mass is 16.6. The molecular formula is C7H12N2O2. The van der Waals surface area contributed by atoms with Gasteiger partial charge in [0.05, 0.1) is 6.61 Å². The van der Waals surface area contributed by atoms with E-state index in [2.05, 4.69) is 21.9 Å². The van der Waals surface area contributed by atoms with Crippen LogP contribution >= 0.6 is 0 Å². The van der Waals surface area contributed by atoms with Gasteiger partial charge in [-0.25, -0.2) is 4.63 Å². The van der Waals surface area contributed by atoms with Gasteiger partial charge in [0.1, 0.15) is 6.20 Å². The van der Waals surface area contributed by atoms with Crippen LogP contribution in [-0.2, 0) is 0 Å². The van der Waals surface area contributed by atoms with E-state index in [1.807, 2.05) is 0 Å². The monoisotopic (exact) mass is 156 g/mol. The number of nitrogens with zero attached hydrogens (tertiary/aromatic N) is 2. The lowest BCUT2D eigenvalue weighted by Gasteiger charge is -1.98. The second-order valence-electron chi connectivity index (χ2n) is 2.30. The van der Waals surface area contributed by atoms with Gasteiger partial charge in [-0.2, -0.15) is 0 Å². The minimum Gasteiger partial charge on any atom is -0.474 e. The van der Waals surface area contributed by atoms with Crippen molar-refractivity contribution in [3.63, 3.8) is 0 Å². The molecule has 0 unspecified atom stereocenters. The largest absolute Gasteiger partial charge is 0.474 e. The van der Waals surface area contributed by atoms with E-state index in [4.69, 9.17) is 4.74 Å². The molecule has 0 saturated heterocycles. The molecule has 0 aliphatic carbocycles. The summed E-state index contributed by atoms with van der Waals surface area (Å²) in [5.41, 5.74) is 0. The van der Waals surface area contributed by atoms with Crippen LogP contribution in [0.3, 0.4) is 0 Å². The summed E-state index contributed by atoms with van der Waals surface area (Å²) in [7, 11) is 0. The molecule has 0 atom stereocenters. The molecule has 0 N–H and O–H groups in total. The zero-order valence-electron chi connectivity index (χ0n) is 6.62. The molecule has 0 radical (unpaired) electrons. The number of aromatic nitrogens is 2. The van der Waals surface area contributed by atoms with Crippen molar-refractivity contribution in [2.45, 2.75) is 26.2 Å². The van der Waals surface area contributed by atoms with Crippen molar-refractivity contribution in [2.75, 3.05) is 6.61 Å². The summed E-state index contributed by atoms with van der Waals surface area (Å²) in [4.78, 5) is 0. The van der Waals surface area contributed by atoms with Gasteiger partial charge in [0, 0.05) is 0 Å². The number of ether oxygens (including phenoxy) is 1. The van der Waals surface area contributed by atoms with Crippen molar-refractivity contribution in [3.05, 3.63) is 6.20 Å². The van der Waals surface area contributed by atoms with Crippen LogP contribution in [-0.4, -0.2) is 16.9 Å². The Morgan fingerprint density at radius 1 is 1.55 bits per heavy atom. The van der Waals surface area contributed by atoms with E-state index >= 15 is 0 Å². The molecule has 62 valence electrons. The summed E-state index contributed by atoms with van der Waals surface area (Å²) in [6.45, 7) is 2.85. The molecule has 0 aromatic carbocycles. The number of unbranched alkanes of at least 4 members (excludes halogenated alkanes) is 2. The van der Waals surface area contributed by atoms with Crippen molar-refractivity contribution >= 4 is 0 Å². The predicted molar refractivity (Wildman–Crippen MR) is 39.3 cm³/mol. The van der Waals surface area contributed by atoms with Crippen LogP contribution < -0.4 is 4.74 Å². The lowest BCUT2D eigenvalue weighted by atomic mass is 10.3. The molecule has 0 bridgehead atoms. The third-order valence-electron chi connectivity index (χ3n) is 1.34. The molecule has 0 amide bonds. The van der Waals surface area contributed by atoms with Gasteiger partial charge in [-0.1, -0.05) is 24.9 Å². The SMILES string of the molecule is CCCCCOc1cnon1. The molecule has 1 aromatic rings. The first-order valence-corrected chi connectivity index (χ1v) is 3.84. The second-order valence-corrected chi connectivity index (χ2v) is 2.30. The average molecular weight is 156 g/mol. The molecule has 4 heteroatoms. The lowest BCUT2D eigenvalue weighted by Crippen LogP contribution is -1.96. The van der Waals surface area contributed by atoms with E-state index in [1.165, 1.54) is 19.0 Å². The van der Waals surface area contributed by atoms with Crippen molar-refractivity contribution in [3.8, 4) is 5.88 Å². The van der Waals surface area contributed by atoms with E-state index in [1.54, 1.807) is 0 Å². The topological polar surface area (TPSA) is 48.2 Å². The van der Waals surface area contributed by atoms with Gasteiger partial charge in [0.15, 0.2) is 0 Å². The van der Waals surface area contributed by atoms with Gasteiger partial charge in [0.2, 0.25) is 0 Å². The highest BCUT2D eigenvalue weighted by Crippen LogP contribution is 2.03. The number of hydrogen-bond donors (Lipinski definition) is 0. The minimum absolute atomic E-state index is 0.473. The molecule has 0 fully saturated rings. The first-order valence-electron chi connectivity index (χ1n) is 3.84. The predicted octanol–water partition coefficient (Wildman–Crippen LogP) is 1.64. The highest BCUT2D eigenvalue weighted by Gasteiger charge is 1.95. The average Bonchev–Trinajstić information content (AvgIpc) is 2.50. The van der Waals surface area contributed by atoms with Gasteiger partial charge >= 0.3 is 0 Å². The summed E-state index contributed by atoms with van der Waals surface area (Å²) >= 11 is 0. The van der Waals surface area contributed by atoms with Gasteiger partial charge in [-0.15, -0.1) is 0 Å². The fourth-order valence-corrected chi connectivity index (χ4v) is 0.748. The molecular weight excluding hydrogens is 144 g/mol. The van der Waals surface area contributed by atoms with E-state index in [0.29, 0.717) is 12.5 Å². The van der Waals surface area contributed by atoms with Crippen LogP contribution in [0.25, 0.3) is 0 Å². The Balaban J connectivity index is 2.04. The number of hydrogen-bond acceptors (Lipinski definition) is 4. The third-order valence-corrected chi connectivity index (χ3v) is 1.34. The van der Waals surface area contributed by atoms with Crippen molar-refractivity contribution in [2.24, 2.45) is 0 Å². The Kier molecular flexibility index (Phi) is 3.44. The summed E-state index contributed by atoms with van der Waals surface area (Å²) in [5, 5.41) is 6.92. The van der Waals surface area contributed by atoms with Crippen LogP contribution in [0.15, 0.2) is 10.8 Å². The Morgan fingerprint density at radius 2 is 2.45 bits per heavy atom. The fraction of sp³-hybridized carbons (Fsp3) is 0.714. The normalized spacial score (nSPS) is 9.91. The highest BCUT2D eigenvalue weighted by molar-refractivity contribution is 4.95. The first kappa shape index (κ1) is 8.04. The Labute approximate surface area is 65.5 Å². The van der Waals surface area contributed by atoms with Crippen molar-refractivity contribution in [1.29, 1.82) is 0 Å². The number of rotatable bonds is 5. The molecule has 4 nitrogen and oxygen atoms in total. The van der Waals surface area contributed by atoms with Gasteiger partial charge in [0.25, 0.3) is 5.88 Å². The van der Waals surface area contributed by atoms with Gasteiger partial charge in [-0.05, 0) is 11.6 Å². The van der Waals surface area contributed by atoms with E-state index in [9.17, 15) is 0 Å². The molecule has 0 saturated carbocycles. The summed E-state index contributed by atoms with van der Waals surface area (Å²) < 4.78 is 9.53. The zero-order valence-corrected chi connectivity index (χ0v) is 6.62. The van der Waals surface area contributed by atoms with Crippen LogP contribution in [0.1, 0.15) is 26.2 Å². The third kappa shape index (κ3) is 3.02. The Hall–Kier alpha value is -1.06. The van der Waals surface area contributed by atoms with Gasteiger partial charge < -0.3 is 4.74 Å². The second kappa shape index (κ2) is 4.71. The lowest BCUT2D eigenvalue weighted by molar-refractivity contribution is 0.251. The molecule has 1 heterocycles. The van der Waals surface area contributed by atoms with E-state index in [-0.39, 0.29) is 0 Å². The van der Waals surface area contributed by atoms with Crippen molar-refractivity contribution in [1.82, 2.24) is 10.3 Å². The van der Waals surface area contributed by atoms with E-state index in [0.717, 1.165) is 6.42 Å². The molecule has 0 spiro atoms. The maximum absolute atomic E-state index is 5.18.